The molecule has 17 heavy (non-hydrogen) atoms. The SMILES string of the molecule is CCCC(C)COC(c1ccc(C)o1)C(C)N. The molecule has 1 heterocycles. The van der Waals surface area contributed by atoms with Crippen molar-refractivity contribution >= 4 is 0 Å². The Labute approximate surface area is 104 Å². The Balaban J connectivity index is 2.55. The molecule has 0 aliphatic rings. The van der Waals surface area contributed by atoms with Gasteiger partial charge in [-0.05, 0) is 38.3 Å². The zero-order chi connectivity index (χ0) is 12.8. The predicted molar refractivity (Wildman–Crippen MR) is 69.9 cm³/mol. The van der Waals surface area contributed by atoms with Gasteiger partial charge in [-0.2, -0.15) is 0 Å². The maximum atomic E-state index is 5.95. The van der Waals surface area contributed by atoms with E-state index in [4.69, 9.17) is 14.9 Å². The zero-order valence-corrected chi connectivity index (χ0v) is 11.4. The molecule has 0 fully saturated rings. The Hall–Kier alpha value is -0.800. The van der Waals surface area contributed by atoms with Crippen LogP contribution in [0.5, 0.6) is 0 Å². The van der Waals surface area contributed by atoms with E-state index in [0.717, 1.165) is 18.1 Å². The number of nitrogens with two attached hydrogens (primary N) is 1. The molecule has 3 unspecified atom stereocenters. The number of hydrogen-bond donors (Lipinski definition) is 1. The first kappa shape index (κ1) is 14.3. The fraction of sp³-hybridized carbons (Fsp3) is 0.714. The van der Waals surface area contributed by atoms with Crippen LogP contribution in [0.1, 0.15) is 51.2 Å². The summed E-state index contributed by atoms with van der Waals surface area (Å²) in [5.41, 5.74) is 5.95. The first-order valence-electron chi connectivity index (χ1n) is 6.48. The van der Waals surface area contributed by atoms with Crippen LogP contribution < -0.4 is 5.73 Å². The van der Waals surface area contributed by atoms with Crippen molar-refractivity contribution in [1.29, 1.82) is 0 Å². The Bertz CT molecular complexity index is 320. The summed E-state index contributed by atoms with van der Waals surface area (Å²) in [6, 6.07) is 3.84. The molecule has 1 aromatic heterocycles. The van der Waals surface area contributed by atoms with Crippen molar-refractivity contribution in [2.75, 3.05) is 6.61 Å². The highest BCUT2D eigenvalue weighted by Gasteiger charge is 2.21. The molecule has 0 aromatic carbocycles. The van der Waals surface area contributed by atoms with Crippen LogP contribution in [0.4, 0.5) is 0 Å². The van der Waals surface area contributed by atoms with Crippen molar-refractivity contribution in [1.82, 2.24) is 0 Å². The minimum atomic E-state index is -0.136. The molecule has 0 radical (unpaired) electrons. The number of rotatable bonds is 7. The lowest BCUT2D eigenvalue weighted by molar-refractivity contribution is 0.00431. The van der Waals surface area contributed by atoms with Crippen LogP contribution in [0.25, 0.3) is 0 Å². The lowest BCUT2D eigenvalue weighted by Gasteiger charge is -2.21. The first-order chi connectivity index (χ1) is 8.04. The van der Waals surface area contributed by atoms with E-state index in [1.165, 1.54) is 12.8 Å². The summed E-state index contributed by atoms with van der Waals surface area (Å²) in [5.74, 6) is 2.30. The van der Waals surface area contributed by atoms with E-state index in [1.54, 1.807) is 0 Å². The van der Waals surface area contributed by atoms with Gasteiger partial charge in [0.15, 0.2) is 0 Å². The van der Waals surface area contributed by atoms with Crippen molar-refractivity contribution in [3.05, 3.63) is 23.7 Å². The van der Waals surface area contributed by atoms with Crippen molar-refractivity contribution in [3.63, 3.8) is 0 Å². The van der Waals surface area contributed by atoms with Crippen LogP contribution in [-0.4, -0.2) is 12.6 Å². The molecule has 0 saturated carbocycles. The molecular weight excluding hydrogens is 214 g/mol. The lowest BCUT2D eigenvalue weighted by Crippen LogP contribution is -2.28. The lowest BCUT2D eigenvalue weighted by atomic mass is 10.1. The third-order valence-electron chi connectivity index (χ3n) is 2.86. The molecule has 0 saturated heterocycles. The minimum Gasteiger partial charge on any atom is -0.464 e. The monoisotopic (exact) mass is 239 g/mol. The molecule has 0 bridgehead atoms. The Morgan fingerprint density at radius 2 is 2.06 bits per heavy atom. The molecule has 0 spiro atoms. The Morgan fingerprint density at radius 3 is 2.53 bits per heavy atom. The van der Waals surface area contributed by atoms with Crippen LogP contribution in [0.3, 0.4) is 0 Å². The molecule has 3 heteroatoms. The van der Waals surface area contributed by atoms with Gasteiger partial charge in [0.2, 0.25) is 0 Å². The smallest absolute Gasteiger partial charge is 0.134 e. The third kappa shape index (κ3) is 4.52. The maximum absolute atomic E-state index is 5.95. The van der Waals surface area contributed by atoms with Gasteiger partial charge in [0.25, 0.3) is 0 Å². The van der Waals surface area contributed by atoms with Gasteiger partial charge in [0.1, 0.15) is 17.6 Å². The second-order valence-electron chi connectivity index (χ2n) is 4.96. The van der Waals surface area contributed by atoms with E-state index in [9.17, 15) is 0 Å². The summed E-state index contributed by atoms with van der Waals surface area (Å²) in [7, 11) is 0. The van der Waals surface area contributed by atoms with Gasteiger partial charge in [0, 0.05) is 6.04 Å². The van der Waals surface area contributed by atoms with E-state index in [2.05, 4.69) is 13.8 Å². The van der Waals surface area contributed by atoms with Crippen molar-refractivity contribution in [3.8, 4) is 0 Å². The fourth-order valence-electron chi connectivity index (χ4n) is 1.94. The summed E-state index contributed by atoms with van der Waals surface area (Å²) in [4.78, 5) is 0. The van der Waals surface area contributed by atoms with Gasteiger partial charge in [-0.1, -0.05) is 20.3 Å². The molecule has 3 atom stereocenters. The van der Waals surface area contributed by atoms with E-state index in [0.29, 0.717) is 5.92 Å². The molecule has 0 aliphatic heterocycles. The van der Waals surface area contributed by atoms with Gasteiger partial charge >= 0.3 is 0 Å². The number of hydrogen-bond acceptors (Lipinski definition) is 3. The highest BCUT2D eigenvalue weighted by molar-refractivity contribution is 5.09. The number of furan rings is 1. The summed E-state index contributed by atoms with van der Waals surface area (Å²) in [6.07, 6.45) is 2.24. The van der Waals surface area contributed by atoms with Crippen molar-refractivity contribution < 1.29 is 9.15 Å². The van der Waals surface area contributed by atoms with Crippen LogP contribution in [0, 0.1) is 12.8 Å². The summed E-state index contributed by atoms with van der Waals surface area (Å²) >= 11 is 0. The van der Waals surface area contributed by atoms with Gasteiger partial charge in [-0.25, -0.2) is 0 Å². The molecule has 1 aromatic rings. The van der Waals surface area contributed by atoms with E-state index in [-0.39, 0.29) is 12.1 Å². The molecule has 2 N–H and O–H groups in total. The molecule has 98 valence electrons. The van der Waals surface area contributed by atoms with Gasteiger partial charge < -0.3 is 14.9 Å². The molecular formula is C14H25NO2. The highest BCUT2D eigenvalue weighted by Crippen LogP contribution is 2.23. The third-order valence-corrected chi connectivity index (χ3v) is 2.86. The molecule has 1 rings (SSSR count). The second kappa shape index (κ2) is 6.82. The highest BCUT2D eigenvalue weighted by atomic mass is 16.5. The van der Waals surface area contributed by atoms with Crippen LogP contribution in [-0.2, 0) is 4.74 Å². The van der Waals surface area contributed by atoms with E-state index >= 15 is 0 Å². The predicted octanol–water partition coefficient (Wildman–Crippen LogP) is 3.43. The van der Waals surface area contributed by atoms with Gasteiger partial charge in [-0.3, -0.25) is 0 Å². The second-order valence-corrected chi connectivity index (χ2v) is 4.96. The average molecular weight is 239 g/mol. The van der Waals surface area contributed by atoms with Crippen LogP contribution in [0.2, 0.25) is 0 Å². The van der Waals surface area contributed by atoms with Crippen molar-refractivity contribution in [2.45, 2.75) is 52.7 Å². The Kier molecular flexibility index (Phi) is 5.72. The summed E-state index contributed by atoms with van der Waals surface area (Å²) < 4.78 is 11.5. The number of ether oxygens (including phenoxy) is 1. The largest absolute Gasteiger partial charge is 0.464 e. The minimum absolute atomic E-state index is 0.0608. The molecule has 0 amide bonds. The molecule has 3 nitrogen and oxygen atoms in total. The number of aryl methyl sites for hydroxylation is 1. The van der Waals surface area contributed by atoms with E-state index < -0.39 is 0 Å². The summed E-state index contributed by atoms with van der Waals surface area (Å²) in [5, 5.41) is 0. The summed E-state index contributed by atoms with van der Waals surface area (Å²) in [6.45, 7) is 9.01. The normalized spacial score (nSPS) is 16.8. The quantitative estimate of drug-likeness (QED) is 0.793. The van der Waals surface area contributed by atoms with Crippen LogP contribution >= 0.6 is 0 Å². The first-order valence-corrected chi connectivity index (χ1v) is 6.48. The maximum Gasteiger partial charge on any atom is 0.134 e. The van der Waals surface area contributed by atoms with Crippen molar-refractivity contribution in [2.24, 2.45) is 11.7 Å². The van der Waals surface area contributed by atoms with Gasteiger partial charge in [0.05, 0.1) is 6.61 Å². The van der Waals surface area contributed by atoms with Crippen LogP contribution in [0.15, 0.2) is 16.5 Å². The standard InChI is InChI=1S/C14H25NO2/c1-5-6-10(2)9-16-14(12(4)15)13-8-7-11(3)17-13/h7-8,10,12,14H,5-6,9,15H2,1-4H3. The Morgan fingerprint density at radius 1 is 1.35 bits per heavy atom. The van der Waals surface area contributed by atoms with E-state index in [1.807, 2.05) is 26.0 Å². The fourth-order valence-corrected chi connectivity index (χ4v) is 1.94. The average Bonchev–Trinajstić information content (AvgIpc) is 2.65. The zero-order valence-electron chi connectivity index (χ0n) is 11.4. The topological polar surface area (TPSA) is 48.4 Å². The molecule has 0 aliphatic carbocycles. The van der Waals surface area contributed by atoms with Gasteiger partial charge in [-0.15, -0.1) is 0 Å².